The zero-order valence-electron chi connectivity index (χ0n) is 16.8. The molecule has 1 N–H and O–H groups in total. The topological polar surface area (TPSA) is 70.4 Å². The van der Waals surface area contributed by atoms with Crippen molar-refractivity contribution in [3.05, 3.63) is 64.3 Å². The Kier molecular flexibility index (Phi) is 6.34. The average molecular weight is 423 g/mol. The number of fused-ring (bicyclic) bond motifs is 1. The van der Waals surface area contributed by atoms with E-state index in [9.17, 15) is 5.26 Å². The summed E-state index contributed by atoms with van der Waals surface area (Å²) in [5, 5.41) is 14.5. The van der Waals surface area contributed by atoms with Crippen LogP contribution in [0.4, 0.5) is 5.69 Å². The number of methoxy groups -OCH3 is 1. The fourth-order valence-corrected chi connectivity index (χ4v) is 3.92. The number of anilines is 1. The molecule has 0 bridgehead atoms. The number of aromatic nitrogens is 1. The molecule has 154 valence electrons. The van der Waals surface area contributed by atoms with Crippen LogP contribution in [0.15, 0.2) is 42.6 Å². The maximum Gasteiger partial charge on any atom is 0.137 e. The van der Waals surface area contributed by atoms with Crippen LogP contribution in [0, 0.1) is 11.3 Å². The van der Waals surface area contributed by atoms with E-state index >= 15 is 0 Å². The Labute approximate surface area is 181 Å². The van der Waals surface area contributed by atoms with Crippen molar-refractivity contribution in [2.45, 2.75) is 13.1 Å². The van der Waals surface area contributed by atoms with E-state index in [-0.39, 0.29) is 0 Å². The van der Waals surface area contributed by atoms with Gasteiger partial charge in [-0.3, -0.25) is 9.88 Å². The van der Waals surface area contributed by atoms with Crippen LogP contribution in [0.3, 0.4) is 0 Å². The van der Waals surface area contributed by atoms with Gasteiger partial charge in [0.15, 0.2) is 0 Å². The first kappa shape index (κ1) is 20.4. The van der Waals surface area contributed by atoms with E-state index in [1.807, 2.05) is 36.5 Å². The van der Waals surface area contributed by atoms with E-state index < -0.39 is 0 Å². The predicted octanol–water partition coefficient (Wildman–Crippen LogP) is 4.21. The van der Waals surface area contributed by atoms with Crippen LogP contribution in [0.5, 0.6) is 5.75 Å². The molecule has 0 aliphatic carbocycles. The minimum Gasteiger partial charge on any atom is -0.495 e. The van der Waals surface area contributed by atoms with Crippen molar-refractivity contribution < 1.29 is 9.47 Å². The van der Waals surface area contributed by atoms with Crippen molar-refractivity contribution in [2.24, 2.45) is 0 Å². The number of hydrogen-bond donors (Lipinski definition) is 1. The fourth-order valence-electron chi connectivity index (χ4n) is 3.64. The maximum absolute atomic E-state index is 9.37. The van der Waals surface area contributed by atoms with Crippen molar-refractivity contribution in [3.8, 4) is 11.8 Å². The molecule has 1 saturated heterocycles. The zero-order chi connectivity index (χ0) is 20.9. The number of hydrogen-bond acceptors (Lipinski definition) is 6. The predicted molar refractivity (Wildman–Crippen MR) is 118 cm³/mol. The van der Waals surface area contributed by atoms with Gasteiger partial charge in [0, 0.05) is 49.0 Å². The quantitative estimate of drug-likeness (QED) is 0.641. The fraction of sp³-hybridized carbons (Fsp3) is 0.304. The monoisotopic (exact) mass is 422 g/mol. The SMILES string of the molecule is COc1ccc(CNc2c(CN3CCOCC3)cnc3ccc(C#N)cc23)cc1Cl. The molecule has 4 rings (SSSR count). The van der Waals surface area contributed by atoms with Crippen LogP contribution in [-0.2, 0) is 17.8 Å². The molecule has 0 radical (unpaired) electrons. The molecule has 30 heavy (non-hydrogen) atoms. The highest BCUT2D eigenvalue weighted by atomic mass is 35.5. The van der Waals surface area contributed by atoms with Crippen LogP contribution < -0.4 is 10.1 Å². The lowest BCUT2D eigenvalue weighted by atomic mass is 10.1. The third-order valence-corrected chi connectivity index (χ3v) is 5.55. The average Bonchev–Trinajstić information content (AvgIpc) is 2.78. The maximum atomic E-state index is 9.37. The Morgan fingerprint density at radius 2 is 2.07 bits per heavy atom. The van der Waals surface area contributed by atoms with Gasteiger partial charge in [-0.15, -0.1) is 0 Å². The molecule has 0 unspecified atom stereocenters. The third kappa shape index (κ3) is 4.49. The number of rotatable bonds is 6. The summed E-state index contributed by atoms with van der Waals surface area (Å²) in [4.78, 5) is 6.99. The smallest absolute Gasteiger partial charge is 0.137 e. The molecule has 2 aromatic carbocycles. The number of nitrogens with zero attached hydrogens (tertiary/aromatic N) is 3. The Balaban J connectivity index is 1.67. The molecule has 1 aromatic heterocycles. The largest absolute Gasteiger partial charge is 0.495 e. The molecule has 6 nitrogen and oxygen atoms in total. The van der Waals surface area contributed by atoms with Crippen LogP contribution in [0.2, 0.25) is 5.02 Å². The highest BCUT2D eigenvalue weighted by Crippen LogP contribution is 2.30. The van der Waals surface area contributed by atoms with Gasteiger partial charge in [0.2, 0.25) is 0 Å². The number of nitrogens with one attached hydrogen (secondary N) is 1. The van der Waals surface area contributed by atoms with Gasteiger partial charge in [0.05, 0.1) is 42.5 Å². The zero-order valence-corrected chi connectivity index (χ0v) is 17.6. The Morgan fingerprint density at radius 1 is 1.23 bits per heavy atom. The van der Waals surface area contributed by atoms with Crippen molar-refractivity contribution in [3.63, 3.8) is 0 Å². The molecular formula is C23H23ClN4O2. The summed E-state index contributed by atoms with van der Waals surface area (Å²) in [5.74, 6) is 0.654. The summed E-state index contributed by atoms with van der Waals surface area (Å²) in [7, 11) is 1.60. The standard InChI is InChI=1S/C23H23ClN4O2/c1-29-22-5-3-17(11-20(22)24)13-27-23-18(15-28-6-8-30-9-7-28)14-26-21-4-2-16(12-25)10-19(21)23/h2-5,10-11,14H,6-9,13,15H2,1H3,(H,26,27). The summed E-state index contributed by atoms with van der Waals surface area (Å²) in [5.41, 5.74) is 4.60. The van der Waals surface area contributed by atoms with Gasteiger partial charge < -0.3 is 14.8 Å². The lowest BCUT2D eigenvalue weighted by molar-refractivity contribution is 0.0342. The Morgan fingerprint density at radius 3 is 2.80 bits per heavy atom. The van der Waals surface area contributed by atoms with Gasteiger partial charge >= 0.3 is 0 Å². The third-order valence-electron chi connectivity index (χ3n) is 5.26. The molecule has 0 atom stereocenters. The normalized spacial score (nSPS) is 14.4. The van der Waals surface area contributed by atoms with Gasteiger partial charge in [-0.05, 0) is 35.9 Å². The van der Waals surface area contributed by atoms with Gasteiger partial charge in [-0.1, -0.05) is 17.7 Å². The number of pyridine rings is 1. The molecule has 2 heterocycles. The number of ether oxygens (including phenoxy) is 2. The first-order chi connectivity index (χ1) is 14.7. The van der Waals surface area contributed by atoms with Gasteiger partial charge in [-0.2, -0.15) is 5.26 Å². The number of halogens is 1. The number of morpholine rings is 1. The van der Waals surface area contributed by atoms with E-state index in [1.54, 1.807) is 13.2 Å². The van der Waals surface area contributed by atoms with E-state index in [2.05, 4.69) is 21.3 Å². The van der Waals surface area contributed by atoms with Crippen LogP contribution in [-0.4, -0.2) is 43.3 Å². The lowest BCUT2D eigenvalue weighted by Gasteiger charge is -2.27. The van der Waals surface area contributed by atoms with Crippen molar-refractivity contribution in [1.29, 1.82) is 5.26 Å². The lowest BCUT2D eigenvalue weighted by Crippen LogP contribution is -2.35. The van der Waals surface area contributed by atoms with Crippen molar-refractivity contribution in [1.82, 2.24) is 9.88 Å². The second kappa shape index (κ2) is 9.31. The molecule has 0 spiro atoms. The van der Waals surface area contributed by atoms with Crippen molar-refractivity contribution in [2.75, 3.05) is 38.7 Å². The first-order valence-corrected chi connectivity index (χ1v) is 10.2. The van der Waals surface area contributed by atoms with Crippen molar-refractivity contribution >= 4 is 28.2 Å². The van der Waals surface area contributed by atoms with E-state index in [4.69, 9.17) is 21.1 Å². The van der Waals surface area contributed by atoms with Crippen LogP contribution in [0.1, 0.15) is 16.7 Å². The summed E-state index contributed by atoms with van der Waals surface area (Å²) >= 11 is 6.29. The molecular weight excluding hydrogens is 400 g/mol. The molecule has 1 aliphatic rings. The van der Waals surface area contributed by atoms with Gasteiger partial charge in [-0.25, -0.2) is 0 Å². The molecule has 0 saturated carbocycles. The van der Waals surface area contributed by atoms with Crippen LogP contribution >= 0.6 is 11.6 Å². The van der Waals surface area contributed by atoms with Crippen LogP contribution in [0.25, 0.3) is 10.9 Å². The van der Waals surface area contributed by atoms with Gasteiger partial charge in [0.25, 0.3) is 0 Å². The molecule has 1 aliphatic heterocycles. The Hall–Kier alpha value is -2.85. The number of nitriles is 1. The molecule has 7 heteroatoms. The summed E-state index contributed by atoms with van der Waals surface area (Å²) in [6.07, 6.45) is 1.92. The second-order valence-corrected chi connectivity index (χ2v) is 7.62. The highest BCUT2D eigenvalue weighted by Gasteiger charge is 2.16. The minimum absolute atomic E-state index is 0.580. The molecule has 0 amide bonds. The minimum atomic E-state index is 0.580. The second-order valence-electron chi connectivity index (χ2n) is 7.21. The van der Waals surface area contributed by atoms with E-state index in [1.165, 1.54) is 0 Å². The first-order valence-electron chi connectivity index (χ1n) is 9.86. The van der Waals surface area contributed by atoms with E-state index in [0.29, 0.717) is 22.9 Å². The number of benzene rings is 2. The highest BCUT2D eigenvalue weighted by molar-refractivity contribution is 6.32. The summed E-state index contributed by atoms with van der Waals surface area (Å²) in [6.45, 7) is 4.64. The van der Waals surface area contributed by atoms with E-state index in [0.717, 1.165) is 60.6 Å². The Bertz CT molecular complexity index is 1090. The molecule has 1 fully saturated rings. The van der Waals surface area contributed by atoms with Gasteiger partial charge in [0.1, 0.15) is 5.75 Å². The molecule has 3 aromatic rings. The summed E-state index contributed by atoms with van der Waals surface area (Å²) in [6, 6.07) is 13.6. The summed E-state index contributed by atoms with van der Waals surface area (Å²) < 4.78 is 10.7.